The second kappa shape index (κ2) is 8.35. The topological polar surface area (TPSA) is 92.6 Å². The monoisotopic (exact) mass is 389 g/mol. The van der Waals surface area contributed by atoms with Crippen LogP contribution in [0.2, 0.25) is 0 Å². The van der Waals surface area contributed by atoms with Gasteiger partial charge in [0.2, 0.25) is 5.91 Å². The van der Waals surface area contributed by atoms with Crippen LogP contribution in [0, 0.1) is 10.1 Å². The maximum Gasteiger partial charge on any atom is 0.293 e. The molecule has 0 fully saturated rings. The molecule has 3 aromatic carbocycles. The Balaban J connectivity index is 1.87. The maximum absolute atomic E-state index is 12.6. The van der Waals surface area contributed by atoms with Gasteiger partial charge in [-0.25, -0.2) is 0 Å². The minimum Gasteiger partial charge on any atom is -0.350 e. The first-order valence-corrected chi connectivity index (χ1v) is 8.86. The van der Waals surface area contributed by atoms with Crippen molar-refractivity contribution < 1.29 is 14.5 Å². The molecule has 3 aromatic rings. The van der Waals surface area contributed by atoms with Crippen molar-refractivity contribution in [3.05, 3.63) is 94.0 Å². The van der Waals surface area contributed by atoms with Crippen molar-refractivity contribution in [1.29, 1.82) is 0 Å². The fraction of sp³-hybridized carbons (Fsp3) is 0.0909. The number of rotatable bonds is 6. The van der Waals surface area contributed by atoms with Crippen LogP contribution in [0.4, 0.5) is 22.7 Å². The van der Waals surface area contributed by atoms with Crippen molar-refractivity contribution >= 4 is 34.4 Å². The Hall–Kier alpha value is -4.00. The van der Waals surface area contributed by atoms with Crippen LogP contribution in [0.25, 0.3) is 0 Å². The van der Waals surface area contributed by atoms with Gasteiger partial charge in [0.25, 0.3) is 5.69 Å². The number of carbonyl (C=O) groups excluding carboxylic acids is 2. The summed E-state index contributed by atoms with van der Waals surface area (Å²) in [4.78, 5) is 36.5. The molecule has 3 rings (SSSR count). The number of anilines is 3. The highest BCUT2D eigenvalue weighted by Gasteiger charge is 2.19. The summed E-state index contributed by atoms with van der Waals surface area (Å²) in [6, 6.07) is 19.9. The van der Waals surface area contributed by atoms with E-state index in [0.29, 0.717) is 16.9 Å². The Bertz CT molecular complexity index is 1060. The number of ketones is 1. The lowest BCUT2D eigenvalue weighted by Crippen LogP contribution is -2.22. The number of nitrogens with zero attached hydrogens (tertiary/aromatic N) is 2. The standard InChI is InChI=1S/C22H19N3O4/c1-15(26)24(2)19-11-9-18(10-12-19)23-20-13-8-17(14-21(20)25(28)29)22(27)16-6-4-3-5-7-16/h3-14,23H,1-2H3. The summed E-state index contributed by atoms with van der Waals surface area (Å²) >= 11 is 0. The summed E-state index contributed by atoms with van der Waals surface area (Å²) in [5.74, 6) is -0.378. The number of nitro groups is 1. The second-order valence-electron chi connectivity index (χ2n) is 6.43. The highest BCUT2D eigenvalue weighted by atomic mass is 16.6. The van der Waals surface area contributed by atoms with Gasteiger partial charge in [0, 0.05) is 42.5 Å². The van der Waals surface area contributed by atoms with Crippen LogP contribution in [0.5, 0.6) is 0 Å². The number of nitrogens with one attached hydrogen (secondary N) is 1. The van der Waals surface area contributed by atoms with Gasteiger partial charge in [-0.1, -0.05) is 30.3 Å². The molecule has 7 heteroatoms. The van der Waals surface area contributed by atoms with Gasteiger partial charge in [-0.05, 0) is 36.4 Å². The Labute approximate surface area is 167 Å². The summed E-state index contributed by atoms with van der Waals surface area (Å²) in [6.45, 7) is 1.47. The van der Waals surface area contributed by atoms with E-state index in [1.807, 2.05) is 0 Å². The van der Waals surface area contributed by atoms with Crippen molar-refractivity contribution in [3.8, 4) is 0 Å². The minimum absolute atomic E-state index is 0.0972. The predicted octanol–water partition coefficient (Wildman–Crippen LogP) is 4.55. The average Bonchev–Trinajstić information content (AvgIpc) is 2.74. The molecule has 0 aliphatic carbocycles. The number of hydrogen-bond acceptors (Lipinski definition) is 5. The van der Waals surface area contributed by atoms with Crippen LogP contribution in [0.15, 0.2) is 72.8 Å². The molecular weight excluding hydrogens is 370 g/mol. The highest BCUT2D eigenvalue weighted by Crippen LogP contribution is 2.30. The fourth-order valence-corrected chi connectivity index (χ4v) is 2.79. The van der Waals surface area contributed by atoms with E-state index in [-0.39, 0.29) is 28.6 Å². The molecule has 0 spiro atoms. The van der Waals surface area contributed by atoms with Crippen molar-refractivity contribution in [2.75, 3.05) is 17.3 Å². The molecule has 0 bridgehead atoms. The van der Waals surface area contributed by atoms with E-state index in [4.69, 9.17) is 0 Å². The van der Waals surface area contributed by atoms with Gasteiger partial charge in [0.1, 0.15) is 5.69 Å². The third kappa shape index (κ3) is 4.47. The minimum atomic E-state index is -0.526. The average molecular weight is 389 g/mol. The quantitative estimate of drug-likeness (QED) is 0.379. The molecule has 1 amide bonds. The lowest BCUT2D eigenvalue weighted by atomic mass is 10.0. The number of amides is 1. The lowest BCUT2D eigenvalue weighted by Gasteiger charge is -2.15. The van der Waals surface area contributed by atoms with Crippen molar-refractivity contribution in [2.24, 2.45) is 0 Å². The number of carbonyl (C=O) groups is 2. The van der Waals surface area contributed by atoms with Crippen LogP contribution < -0.4 is 10.2 Å². The smallest absolute Gasteiger partial charge is 0.293 e. The van der Waals surface area contributed by atoms with Crippen LogP contribution in [0.3, 0.4) is 0 Å². The molecule has 0 saturated carbocycles. The molecule has 0 saturated heterocycles. The third-order valence-electron chi connectivity index (χ3n) is 4.50. The molecule has 0 aromatic heterocycles. The first kappa shape index (κ1) is 19.8. The normalized spacial score (nSPS) is 10.3. The number of hydrogen-bond donors (Lipinski definition) is 1. The Morgan fingerprint density at radius 1 is 0.931 bits per heavy atom. The van der Waals surface area contributed by atoms with Crippen LogP contribution >= 0.6 is 0 Å². The van der Waals surface area contributed by atoms with Gasteiger partial charge >= 0.3 is 0 Å². The van der Waals surface area contributed by atoms with Gasteiger partial charge in [0.15, 0.2) is 5.78 Å². The van der Waals surface area contributed by atoms with Gasteiger partial charge in [-0.2, -0.15) is 0 Å². The molecule has 7 nitrogen and oxygen atoms in total. The van der Waals surface area contributed by atoms with Gasteiger partial charge in [0.05, 0.1) is 4.92 Å². The summed E-state index contributed by atoms with van der Waals surface area (Å²) in [7, 11) is 1.66. The van der Waals surface area contributed by atoms with Gasteiger partial charge < -0.3 is 10.2 Å². The SMILES string of the molecule is CC(=O)N(C)c1ccc(Nc2ccc(C(=O)c3ccccc3)cc2[N+](=O)[O-])cc1. The molecule has 0 aliphatic heterocycles. The zero-order valence-corrected chi connectivity index (χ0v) is 16.0. The van der Waals surface area contributed by atoms with Crippen LogP contribution in [-0.4, -0.2) is 23.7 Å². The van der Waals surface area contributed by atoms with Gasteiger partial charge in [-0.15, -0.1) is 0 Å². The summed E-state index contributed by atoms with van der Waals surface area (Å²) in [5, 5.41) is 14.6. The van der Waals surface area contributed by atoms with Crippen LogP contribution in [-0.2, 0) is 4.79 Å². The molecule has 146 valence electrons. The predicted molar refractivity (Wildman–Crippen MR) is 112 cm³/mol. The molecule has 0 radical (unpaired) electrons. The molecule has 29 heavy (non-hydrogen) atoms. The van der Waals surface area contributed by atoms with E-state index in [1.54, 1.807) is 67.7 Å². The van der Waals surface area contributed by atoms with E-state index in [1.165, 1.54) is 24.0 Å². The number of benzene rings is 3. The fourth-order valence-electron chi connectivity index (χ4n) is 2.79. The summed E-state index contributed by atoms with van der Waals surface area (Å²) < 4.78 is 0. The van der Waals surface area contributed by atoms with Crippen molar-refractivity contribution in [3.63, 3.8) is 0 Å². The zero-order chi connectivity index (χ0) is 21.0. The lowest BCUT2D eigenvalue weighted by molar-refractivity contribution is -0.383. The van der Waals surface area contributed by atoms with Crippen molar-refractivity contribution in [2.45, 2.75) is 6.92 Å². The first-order valence-electron chi connectivity index (χ1n) is 8.86. The summed E-state index contributed by atoms with van der Waals surface area (Å²) in [6.07, 6.45) is 0. The zero-order valence-electron chi connectivity index (χ0n) is 16.0. The molecule has 0 atom stereocenters. The van der Waals surface area contributed by atoms with E-state index in [2.05, 4.69) is 5.32 Å². The molecule has 0 heterocycles. The number of nitro benzene ring substituents is 1. The Morgan fingerprint density at radius 3 is 2.17 bits per heavy atom. The molecular formula is C22H19N3O4. The van der Waals surface area contributed by atoms with Gasteiger partial charge in [-0.3, -0.25) is 19.7 Å². The Morgan fingerprint density at radius 2 is 1.59 bits per heavy atom. The maximum atomic E-state index is 12.6. The van der Waals surface area contributed by atoms with E-state index < -0.39 is 4.92 Å². The largest absolute Gasteiger partial charge is 0.350 e. The molecule has 0 aliphatic rings. The van der Waals surface area contributed by atoms with Crippen molar-refractivity contribution in [1.82, 2.24) is 0 Å². The van der Waals surface area contributed by atoms with Crippen LogP contribution in [0.1, 0.15) is 22.8 Å². The molecule has 0 unspecified atom stereocenters. The third-order valence-corrected chi connectivity index (χ3v) is 4.50. The summed E-state index contributed by atoms with van der Waals surface area (Å²) in [5.41, 5.74) is 2.11. The second-order valence-corrected chi connectivity index (χ2v) is 6.43. The highest BCUT2D eigenvalue weighted by molar-refractivity contribution is 6.09. The van der Waals surface area contributed by atoms with E-state index in [0.717, 1.165) is 0 Å². The molecule has 1 N–H and O–H groups in total. The van der Waals surface area contributed by atoms with E-state index >= 15 is 0 Å². The first-order chi connectivity index (χ1) is 13.9. The Kier molecular flexibility index (Phi) is 5.69. The van der Waals surface area contributed by atoms with E-state index in [9.17, 15) is 19.7 Å².